The van der Waals surface area contributed by atoms with Crippen molar-refractivity contribution in [3.05, 3.63) is 89.4 Å². The summed E-state index contributed by atoms with van der Waals surface area (Å²) in [4.78, 5) is 2.04. The average molecular weight is 483 g/mol. The van der Waals surface area contributed by atoms with Gasteiger partial charge in [0.05, 0.1) is 6.10 Å². The molecule has 0 amide bonds. The zero-order chi connectivity index (χ0) is 23.3. The lowest BCUT2D eigenvalue weighted by atomic mass is 9.98. The van der Waals surface area contributed by atoms with E-state index in [0.29, 0.717) is 5.02 Å². The van der Waals surface area contributed by atoms with E-state index in [1.807, 2.05) is 97.9 Å². The lowest BCUT2D eigenvalue weighted by molar-refractivity contribution is 0.159. The van der Waals surface area contributed by atoms with Crippen LogP contribution in [0.2, 0.25) is 5.02 Å². The Balaban J connectivity index is 1.80. The summed E-state index contributed by atoms with van der Waals surface area (Å²) in [6.07, 6.45) is 5.32. The zero-order valence-electron chi connectivity index (χ0n) is 19.3. The summed E-state index contributed by atoms with van der Waals surface area (Å²) in [6, 6.07) is 25.4. The van der Waals surface area contributed by atoms with Crippen molar-refractivity contribution < 1.29 is 9.09 Å². The third-order valence-electron chi connectivity index (χ3n) is 6.19. The minimum Gasteiger partial charge on any atom is -0.378 e. The summed E-state index contributed by atoms with van der Waals surface area (Å²) < 4.78 is 21.7. The van der Waals surface area contributed by atoms with E-state index in [2.05, 4.69) is 5.32 Å². The van der Waals surface area contributed by atoms with Crippen LogP contribution in [0.1, 0.15) is 43.5 Å². The molecule has 3 aromatic rings. The average Bonchev–Trinajstić information content (AvgIpc) is 2.84. The van der Waals surface area contributed by atoms with Crippen molar-refractivity contribution in [3.8, 4) is 0 Å². The zero-order valence-corrected chi connectivity index (χ0v) is 20.9. The second kappa shape index (κ2) is 10.8. The summed E-state index contributed by atoms with van der Waals surface area (Å²) in [7, 11) is 0.626. The highest BCUT2D eigenvalue weighted by molar-refractivity contribution is 7.67. The summed E-state index contributed by atoms with van der Waals surface area (Å²) >= 11 is 6.19. The van der Waals surface area contributed by atoms with Crippen LogP contribution in [-0.2, 0) is 9.09 Å². The van der Waals surface area contributed by atoms with Crippen LogP contribution in [0.25, 0.3) is 0 Å². The molecule has 0 unspecified atom stereocenters. The van der Waals surface area contributed by atoms with E-state index in [1.165, 1.54) is 6.42 Å². The van der Waals surface area contributed by atoms with Gasteiger partial charge in [0, 0.05) is 35.8 Å². The van der Waals surface area contributed by atoms with Crippen LogP contribution >= 0.6 is 19.0 Å². The number of anilines is 2. The molecule has 0 aromatic heterocycles. The standard InChI is InChI=1S/C27H32ClN2O2P/c1-30(2)24-17-19-26(20-18-24)33(31,32-25-11-7-4-8-12-25)27(21-13-15-22(28)16-14-21)29-23-9-5-3-6-10-23/h3,5-6,9-10,13-20,25,27,29H,4,7-8,11-12H2,1-2H3/t27-,33+/m1/s1. The Bertz CT molecular complexity index is 1070. The van der Waals surface area contributed by atoms with E-state index in [9.17, 15) is 0 Å². The van der Waals surface area contributed by atoms with Gasteiger partial charge in [0.2, 0.25) is 0 Å². The summed E-state index contributed by atoms with van der Waals surface area (Å²) in [6.45, 7) is 0. The van der Waals surface area contributed by atoms with E-state index >= 15 is 4.57 Å². The Morgan fingerprint density at radius 2 is 1.55 bits per heavy atom. The highest BCUT2D eigenvalue weighted by Gasteiger charge is 2.40. The largest absolute Gasteiger partial charge is 0.378 e. The molecule has 4 nitrogen and oxygen atoms in total. The van der Waals surface area contributed by atoms with Crippen LogP contribution in [-0.4, -0.2) is 20.2 Å². The molecule has 1 N–H and O–H groups in total. The Morgan fingerprint density at radius 3 is 2.15 bits per heavy atom. The molecular formula is C27H32ClN2O2P. The number of rotatable bonds is 8. The van der Waals surface area contributed by atoms with Gasteiger partial charge in [0.15, 0.2) is 0 Å². The maximum absolute atomic E-state index is 15.0. The lowest BCUT2D eigenvalue weighted by Crippen LogP contribution is -2.25. The van der Waals surface area contributed by atoms with Gasteiger partial charge < -0.3 is 14.7 Å². The predicted octanol–water partition coefficient (Wildman–Crippen LogP) is 7.47. The maximum Gasteiger partial charge on any atom is 0.258 e. The molecule has 3 aromatic carbocycles. The molecule has 0 spiro atoms. The predicted molar refractivity (Wildman–Crippen MR) is 140 cm³/mol. The topological polar surface area (TPSA) is 41.6 Å². The molecule has 4 rings (SSSR count). The molecule has 0 bridgehead atoms. The summed E-state index contributed by atoms with van der Waals surface area (Å²) in [5, 5.41) is 4.91. The molecule has 1 aliphatic rings. The van der Waals surface area contributed by atoms with Crippen molar-refractivity contribution >= 4 is 35.6 Å². The SMILES string of the molecule is CN(C)c1ccc([P@](=O)(OC2CCCCC2)[C@@H](Nc2ccccc2)c2ccc(Cl)cc2)cc1. The monoisotopic (exact) mass is 482 g/mol. The number of nitrogens with one attached hydrogen (secondary N) is 1. The number of para-hydroxylation sites is 1. The molecule has 0 radical (unpaired) electrons. The van der Waals surface area contributed by atoms with Gasteiger partial charge in [-0.05, 0) is 66.9 Å². The molecule has 0 saturated heterocycles. The third-order valence-corrected chi connectivity index (χ3v) is 9.18. The van der Waals surface area contributed by atoms with Crippen molar-refractivity contribution in [2.45, 2.75) is 44.0 Å². The molecule has 1 saturated carbocycles. The number of hydrogen-bond donors (Lipinski definition) is 1. The fraction of sp³-hybridized carbons (Fsp3) is 0.333. The molecular weight excluding hydrogens is 451 g/mol. The van der Waals surface area contributed by atoms with Gasteiger partial charge in [-0.15, -0.1) is 0 Å². The van der Waals surface area contributed by atoms with Gasteiger partial charge in [0.25, 0.3) is 7.37 Å². The van der Waals surface area contributed by atoms with E-state index in [0.717, 1.165) is 47.9 Å². The summed E-state index contributed by atoms with van der Waals surface area (Å²) in [5.74, 6) is -0.538. The van der Waals surface area contributed by atoms with Crippen molar-refractivity contribution in [2.75, 3.05) is 24.3 Å². The van der Waals surface area contributed by atoms with Crippen LogP contribution in [0.5, 0.6) is 0 Å². The number of benzene rings is 3. The highest BCUT2D eigenvalue weighted by atomic mass is 35.5. The molecule has 6 heteroatoms. The molecule has 0 aliphatic heterocycles. The van der Waals surface area contributed by atoms with Gasteiger partial charge >= 0.3 is 0 Å². The van der Waals surface area contributed by atoms with Crippen LogP contribution in [0.3, 0.4) is 0 Å². The van der Waals surface area contributed by atoms with Crippen LogP contribution in [0.4, 0.5) is 11.4 Å². The van der Waals surface area contributed by atoms with Crippen molar-refractivity contribution in [1.82, 2.24) is 0 Å². The first-order valence-electron chi connectivity index (χ1n) is 11.6. The van der Waals surface area contributed by atoms with Crippen LogP contribution in [0, 0.1) is 0 Å². The maximum atomic E-state index is 15.0. The summed E-state index contributed by atoms with van der Waals surface area (Å²) in [5.41, 5.74) is 2.84. The number of halogens is 1. The number of hydrogen-bond acceptors (Lipinski definition) is 4. The van der Waals surface area contributed by atoms with Gasteiger partial charge in [-0.2, -0.15) is 0 Å². The molecule has 1 fully saturated rings. The minimum atomic E-state index is -3.38. The van der Waals surface area contributed by atoms with Gasteiger partial charge in [-0.3, -0.25) is 4.57 Å². The molecule has 2 atom stereocenters. The van der Waals surface area contributed by atoms with Gasteiger partial charge in [-0.25, -0.2) is 0 Å². The van der Waals surface area contributed by atoms with E-state index in [1.54, 1.807) is 0 Å². The van der Waals surface area contributed by atoms with Crippen molar-refractivity contribution in [1.29, 1.82) is 0 Å². The minimum absolute atomic E-state index is 0.00881. The Morgan fingerprint density at radius 1 is 0.909 bits per heavy atom. The van der Waals surface area contributed by atoms with Gasteiger partial charge in [-0.1, -0.05) is 61.2 Å². The van der Waals surface area contributed by atoms with E-state index < -0.39 is 13.2 Å². The van der Waals surface area contributed by atoms with Crippen LogP contribution in [0.15, 0.2) is 78.9 Å². The second-order valence-electron chi connectivity index (χ2n) is 8.84. The van der Waals surface area contributed by atoms with E-state index in [-0.39, 0.29) is 6.10 Å². The molecule has 33 heavy (non-hydrogen) atoms. The Hall–Kier alpha value is -2.26. The molecule has 1 aliphatic carbocycles. The first-order valence-corrected chi connectivity index (χ1v) is 13.7. The first kappa shape index (κ1) is 23.9. The van der Waals surface area contributed by atoms with E-state index in [4.69, 9.17) is 16.1 Å². The smallest absolute Gasteiger partial charge is 0.258 e. The number of nitrogens with zero attached hydrogens (tertiary/aromatic N) is 1. The Labute approximate surface area is 202 Å². The second-order valence-corrected chi connectivity index (χ2v) is 11.7. The quantitative estimate of drug-likeness (QED) is 0.338. The highest BCUT2D eigenvalue weighted by Crippen LogP contribution is 2.60. The normalized spacial score (nSPS) is 17.2. The van der Waals surface area contributed by atoms with Crippen molar-refractivity contribution in [3.63, 3.8) is 0 Å². The lowest BCUT2D eigenvalue weighted by Gasteiger charge is -2.34. The fourth-order valence-electron chi connectivity index (χ4n) is 4.32. The van der Waals surface area contributed by atoms with Crippen molar-refractivity contribution in [2.24, 2.45) is 0 Å². The van der Waals surface area contributed by atoms with Gasteiger partial charge in [0.1, 0.15) is 5.78 Å². The third kappa shape index (κ3) is 5.81. The first-order chi connectivity index (χ1) is 16.0. The molecule has 0 heterocycles. The fourth-order valence-corrected chi connectivity index (χ4v) is 7.09. The van der Waals surface area contributed by atoms with Crippen LogP contribution < -0.4 is 15.5 Å². The Kier molecular flexibility index (Phi) is 7.80. The molecule has 174 valence electrons.